The lowest BCUT2D eigenvalue weighted by Gasteiger charge is -2.12. The van der Waals surface area contributed by atoms with Crippen molar-refractivity contribution in [2.24, 2.45) is 0 Å². The highest BCUT2D eigenvalue weighted by molar-refractivity contribution is 4.55. The summed E-state index contributed by atoms with van der Waals surface area (Å²) in [6.07, 6.45) is 0.0920. The molecule has 0 saturated carbocycles. The van der Waals surface area contributed by atoms with E-state index < -0.39 is 6.23 Å². The maximum Gasteiger partial charge on any atom is 0.105 e. The standard InChI is InChI=1S/C7H17NO3/c1-6(10)2-3-7(11)8-4-5-9/h6-11H,2-5H2,1H3. The fourth-order valence-electron chi connectivity index (χ4n) is 0.732. The highest BCUT2D eigenvalue weighted by Gasteiger charge is 2.03. The van der Waals surface area contributed by atoms with Crippen molar-refractivity contribution in [3.63, 3.8) is 0 Å². The summed E-state index contributed by atoms with van der Waals surface area (Å²) in [5.74, 6) is 0. The Kier molecular flexibility index (Phi) is 6.45. The summed E-state index contributed by atoms with van der Waals surface area (Å²) in [4.78, 5) is 0. The third kappa shape index (κ3) is 7.74. The molecule has 0 spiro atoms. The predicted molar refractivity (Wildman–Crippen MR) is 42.0 cm³/mol. The van der Waals surface area contributed by atoms with Crippen LogP contribution < -0.4 is 5.32 Å². The lowest BCUT2D eigenvalue weighted by Crippen LogP contribution is -2.31. The van der Waals surface area contributed by atoms with E-state index in [0.717, 1.165) is 0 Å². The van der Waals surface area contributed by atoms with E-state index in [1.807, 2.05) is 0 Å². The minimum atomic E-state index is -0.614. The summed E-state index contributed by atoms with van der Waals surface area (Å²) in [7, 11) is 0. The molecular weight excluding hydrogens is 146 g/mol. The van der Waals surface area contributed by atoms with Gasteiger partial charge in [0.1, 0.15) is 6.23 Å². The molecule has 4 heteroatoms. The number of aliphatic hydroxyl groups is 3. The first-order valence-corrected chi connectivity index (χ1v) is 3.87. The molecule has 0 aliphatic carbocycles. The van der Waals surface area contributed by atoms with Crippen LogP contribution in [0.4, 0.5) is 0 Å². The van der Waals surface area contributed by atoms with E-state index in [2.05, 4.69) is 5.32 Å². The SMILES string of the molecule is CC(O)CCC(O)NCCO. The van der Waals surface area contributed by atoms with Gasteiger partial charge in [-0.2, -0.15) is 0 Å². The first-order valence-electron chi connectivity index (χ1n) is 3.87. The summed E-state index contributed by atoms with van der Waals surface area (Å²) in [5.41, 5.74) is 0. The van der Waals surface area contributed by atoms with Crippen molar-refractivity contribution < 1.29 is 15.3 Å². The van der Waals surface area contributed by atoms with Crippen molar-refractivity contribution in [2.45, 2.75) is 32.1 Å². The van der Waals surface area contributed by atoms with Crippen molar-refractivity contribution in [2.75, 3.05) is 13.2 Å². The fraction of sp³-hybridized carbons (Fsp3) is 1.00. The molecule has 0 radical (unpaired) electrons. The van der Waals surface area contributed by atoms with Crippen LogP contribution in [-0.2, 0) is 0 Å². The zero-order valence-corrected chi connectivity index (χ0v) is 6.82. The third-order valence-electron chi connectivity index (χ3n) is 1.35. The van der Waals surface area contributed by atoms with Gasteiger partial charge in [-0.05, 0) is 19.8 Å². The average molecular weight is 163 g/mol. The first-order chi connectivity index (χ1) is 5.16. The van der Waals surface area contributed by atoms with Crippen molar-refractivity contribution in [3.8, 4) is 0 Å². The molecule has 0 aliphatic heterocycles. The second-order valence-corrected chi connectivity index (χ2v) is 2.62. The highest BCUT2D eigenvalue weighted by atomic mass is 16.3. The Hall–Kier alpha value is -0.160. The van der Waals surface area contributed by atoms with Gasteiger partial charge in [0.25, 0.3) is 0 Å². The minimum absolute atomic E-state index is 0.0196. The van der Waals surface area contributed by atoms with Crippen LogP contribution in [0.15, 0.2) is 0 Å². The van der Waals surface area contributed by atoms with Crippen LogP contribution in [-0.4, -0.2) is 40.8 Å². The smallest absolute Gasteiger partial charge is 0.105 e. The summed E-state index contributed by atoms with van der Waals surface area (Å²) in [6.45, 7) is 2.09. The van der Waals surface area contributed by atoms with Gasteiger partial charge in [0.05, 0.1) is 12.7 Å². The quantitative estimate of drug-likeness (QED) is 0.381. The molecule has 0 aromatic heterocycles. The Bertz CT molecular complexity index is 87.8. The molecule has 4 nitrogen and oxygen atoms in total. The summed E-state index contributed by atoms with van der Waals surface area (Å²) >= 11 is 0. The van der Waals surface area contributed by atoms with Gasteiger partial charge in [0.15, 0.2) is 0 Å². The fourth-order valence-corrected chi connectivity index (χ4v) is 0.732. The van der Waals surface area contributed by atoms with Gasteiger partial charge in [0.2, 0.25) is 0 Å². The maximum atomic E-state index is 9.10. The van der Waals surface area contributed by atoms with Crippen molar-refractivity contribution in [1.82, 2.24) is 5.32 Å². The van der Waals surface area contributed by atoms with E-state index in [9.17, 15) is 0 Å². The van der Waals surface area contributed by atoms with Crippen LogP contribution in [0, 0.1) is 0 Å². The Labute approximate surface area is 66.9 Å². The van der Waals surface area contributed by atoms with E-state index in [-0.39, 0.29) is 12.7 Å². The minimum Gasteiger partial charge on any atom is -0.395 e. The van der Waals surface area contributed by atoms with Crippen molar-refractivity contribution >= 4 is 0 Å². The molecule has 0 aromatic rings. The van der Waals surface area contributed by atoms with Gasteiger partial charge in [0, 0.05) is 6.54 Å². The van der Waals surface area contributed by atoms with E-state index >= 15 is 0 Å². The van der Waals surface area contributed by atoms with Gasteiger partial charge in [-0.3, -0.25) is 5.32 Å². The molecule has 0 amide bonds. The highest BCUT2D eigenvalue weighted by Crippen LogP contribution is 1.97. The molecule has 0 bridgehead atoms. The number of hydrogen-bond donors (Lipinski definition) is 4. The van der Waals surface area contributed by atoms with Gasteiger partial charge >= 0.3 is 0 Å². The Balaban J connectivity index is 3.15. The molecule has 0 fully saturated rings. The summed E-state index contributed by atoms with van der Waals surface area (Å²) in [5, 5.41) is 29.0. The topological polar surface area (TPSA) is 72.7 Å². The molecule has 68 valence electrons. The largest absolute Gasteiger partial charge is 0.395 e. The van der Waals surface area contributed by atoms with Crippen LogP contribution in [0.3, 0.4) is 0 Å². The average Bonchev–Trinajstić information content (AvgIpc) is 1.97. The third-order valence-corrected chi connectivity index (χ3v) is 1.35. The Morgan fingerprint density at radius 1 is 1.27 bits per heavy atom. The van der Waals surface area contributed by atoms with Gasteiger partial charge < -0.3 is 15.3 Å². The normalized spacial score (nSPS) is 16.4. The van der Waals surface area contributed by atoms with Crippen LogP contribution >= 0.6 is 0 Å². The van der Waals surface area contributed by atoms with Crippen LogP contribution in [0.1, 0.15) is 19.8 Å². The van der Waals surface area contributed by atoms with Crippen molar-refractivity contribution in [3.05, 3.63) is 0 Å². The molecule has 0 aliphatic rings. The van der Waals surface area contributed by atoms with E-state index in [0.29, 0.717) is 19.4 Å². The van der Waals surface area contributed by atoms with Gasteiger partial charge in [-0.15, -0.1) is 0 Å². The summed E-state index contributed by atoms with van der Waals surface area (Å²) < 4.78 is 0. The number of nitrogens with one attached hydrogen (secondary N) is 1. The lowest BCUT2D eigenvalue weighted by molar-refractivity contribution is 0.0938. The van der Waals surface area contributed by atoms with E-state index in [1.54, 1.807) is 6.92 Å². The molecule has 0 aromatic carbocycles. The van der Waals surface area contributed by atoms with Crippen LogP contribution in [0.2, 0.25) is 0 Å². The molecule has 2 unspecified atom stereocenters. The first kappa shape index (κ1) is 10.8. The number of aliphatic hydroxyl groups excluding tert-OH is 3. The summed E-state index contributed by atoms with van der Waals surface area (Å²) in [6, 6.07) is 0. The van der Waals surface area contributed by atoms with Crippen LogP contribution in [0.25, 0.3) is 0 Å². The molecule has 11 heavy (non-hydrogen) atoms. The molecule has 4 N–H and O–H groups in total. The van der Waals surface area contributed by atoms with E-state index in [4.69, 9.17) is 15.3 Å². The number of rotatable bonds is 6. The Morgan fingerprint density at radius 3 is 2.36 bits per heavy atom. The molecular formula is C7H17NO3. The zero-order valence-electron chi connectivity index (χ0n) is 6.82. The Morgan fingerprint density at radius 2 is 1.91 bits per heavy atom. The predicted octanol–water partition coefficient (Wildman–Crippen LogP) is -0.952. The maximum absolute atomic E-state index is 9.10. The van der Waals surface area contributed by atoms with Gasteiger partial charge in [-0.25, -0.2) is 0 Å². The molecule has 2 atom stereocenters. The second-order valence-electron chi connectivity index (χ2n) is 2.62. The van der Waals surface area contributed by atoms with Crippen LogP contribution in [0.5, 0.6) is 0 Å². The number of hydrogen-bond acceptors (Lipinski definition) is 4. The van der Waals surface area contributed by atoms with Gasteiger partial charge in [-0.1, -0.05) is 0 Å². The second kappa shape index (κ2) is 6.54. The monoisotopic (exact) mass is 163 g/mol. The van der Waals surface area contributed by atoms with Crippen molar-refractivity contribution in [1.29, 1.82) is 0 Å². The van der Waals surface area contributed by atoms with E-state index in [1.165, 1.54) is 0 Å². The molecule has 0 rings (SSSR count). The molecule has 0 heterocycles. The molecule has 0 saturated heterocycles. The zero-order chi connectivity index (χ0) is 8.69. The lowest BCUT2D eigenvalue weighted by atomic mass is 10.2.